The highest BCUT2D eigenvalue weighted by Gasteiger charge is 2.48. The van der Waals surface area contributed by atoms with Crippen LogP contribution in [0.2, 0.25) is 5.02 Å². The van der Waals surface area contributed by atoms with Gasteiger partial charge < -0.3 is 15.6 Å². The fourth-order valence-electron chi connectivity index (χ4n) is 3.92. The molecule has 1 heterocycles. The lowest BCUT2D eigenvalue weighted by atomic mass is 9.68. The molecule has 10 heteroatoms. The molecule has 0 radical (unpaired) electrons. The van der Waals surface area contributed by atoms with Gasteiger partial charge in [0.2, 0.25) is 0 Å². The molecule has 30 heavy (non-hydrogen) atoms. The topological polar surface area (TPSA) is 75.8 Å². The Morgan fingerprint density at radius 1 is 1.43 bits per heavy atom. The third kappa shape index (κ3) is 5.14. The van der Waals surface area contributed by atoms with Crippen molar-refractivity contribution >= 4 is 23.4 Å². The number of carbonyl (C=O) groups is 1. The fourth-order valence-corrected chi connectivity index (χ4v) is 4.21. The Bertz CT molecular complexity index is 834. The number of ether oxygens (including phenoxy) is 1. The lowest BCUT2D eigenvalue weighted by Gasteiger charge is -2.51. The molecule has 166 valence electrons. The van der Waals surface area contributed by atoms with Crippen molar-refractivity contribution in [1.82, 2.24) is 4.90 Å². The van der Waals surface area contributed by atoms with Gasteiger partial charge in [-0.15, -0.1) is 0 Å². The summed E-state index contributed by atoms with van der Waals surface area (Å²) in [5.41, 5.74) is 4.44. The number of hydrogen-bond donors (Lipinski definition) is 2. The van der Waals surface area contributed by atoms with Crippen LogP contribution in [-0.2, 0) is 15.7 Å². The molecule has 1 atom stereocenters. The molecule has 0 bridgehead atoms. The van der Waals surface area contributed by atoms with Crippen molar-refractivity contribution in [2.45, 2.75) is 37.7 Å². The molecule has 1 aromatic carbocycles. The minimum atomic E-state index is -4.60. The van der Waals surface area contributed by atoms with E-state index in [9.17, 15) is 27.5 Å². The van der Waals surface area contributed by atoms with Crippen molar-refractivity contribution in [3.8, 4) is 0 Å². The van der Waals surface area contributed by atoms with Crippen molar-refractivity contribution in [2.75, 3.05) is 19.7 Å². The molecule has 1 saturated carbocycles. The fraction of sp³-hybridized carbons (Fsp3) is 0.550. The summed E-state index contributed by atoms with van der Waals surface area (Å²) in [6, 6.07) is 2.76. The number of nitrogens with two attached hydrogens (primary N) is 1. The van der Waals surface area contributed by atoms with Crippen LogP contribution in [0.1, 0.15) is 30.9 Å². The monoisotopic (exact) mass is 450 g/mol. The number of aliphatic hydroxyl groups excluding tert-OH is 1. The molecule has 1 aliphatic carbocycles. The number of esters is 1. The number of hydrogen-bond acceptors (Lipinski definition) is 5. The van der Waals surface area contributed by atoms with E-state index < -0.39 is 40.3 Å². The number of carbonyl (C=O) groups excluding carboxylic acids is 1. The molecule has 1 aliphatic heterocycles. The summed E-state index contributed by atoms with van der Waals surface area (Å²) >= 11 is 5.63. The van der Waals surface area contributed by atoms with Gasteiger partial charge in [0.1, 0.15) is 18.7 Å². The van der Waals surface area contributed by atoms with Crippen LogP contribution in [0.15, 0.2) is 24.3 Å². The zero-order chi connectivity index (χ0) is 22.3. The molecular weight excluding hydrogens is 428 g/mol. The van der Waals surface area contributed by atoms with Gasteiger partial charge in [-0.2, -0.15) is 13.2 Å². The molecule has 0 aromatic heterocycles. The van der Waals surface area contributed by atoms with E-state index in [-0.39, 0.29) is 24.0 Å². The molecule has 5 nitrogen and oxygen atoms in total. The molecule has 0 amide bonds. The summed E-state index contributed by atoms with van der Waals surface area (Å²) in [6.45, 7) is 2.25. The quantitative estimate of drug-likeness (QED) is 0.511. The molecular formula is C20H23ClF4N2O3. The maximum absolute atomic E-state index is 14.4. The minimum Gasteiger partial charge on any atom is -0.464 e. The van der Waals surface area contributed by atoms with Gasteiger partial charge in [-0.05, 0) is 31.1 Å². The van der Waals surface area contributed by atoms with Crippen molar-refractivity contribution < 1.29 is 32.2 Å². The molecule has 3 rings (SSSR count). The van der Waals surface area contributed by atoms with Crippen LogP contribution < -0.4 is 5.73 Å². The lowest BCUT2D eigenvalue weighted by molar-refractivity contribution is -0.151. The van der Waals surface area contributed by atoms with Crippen molar-refractivity contribution in [2.24, 2.45) is 17.6 Å². The zero-order valence-electron chi connectivity index (χ0n) is 16.3. The van der Waals surface area contributed by atoms with Crippen LogP contribution >= 0.6 is 11.6 Å². The summed E-state index contributed by atoms with van der Waals surface area (Å²) in [4.78, 5) is 12.7. The second-order valence-corrected chi connectivity index (χ2v) is 8.55. The standard InChI is InChI=1S/C20H23ClF4N2O3/c1-11(28)30-10-19(26)6-14(7-19)18(29)27-8-12(9-27)4-17(22)13-2-3-15(16(21)5-13)20(23,24)25/h2-5,12,14,18,29H,6-10,26H2,1H3/b17-4-. The SMILES string of the molecule is CC(=O)OCC1(N)CC(C(O)N2CC(/C=C(\F)c3ccc(C(F)(F)F)c(Cl)c3)C2)C1. The highest BCUT2D eigenvalue weighted by molar-refractivity contribution is 6.31. The first-order chi connectivity index (χ1) is 13.9. The van der Waals surface area contributed by atoms with Crippen LogP contribution in [0, 0.1) is 11.8 Å². The minimum absolute atomic E-state index is 0.0237. The summed E-state index contributed by atoms with van der Waals surface area (Å²) < 4.78 is 57.6. The van der Waals surface area contributed by atoms with E-state index in [4.69, 9.17) is 22.1 Å². The molecule has 2 fully saturated rings. The second kappa shape index (κ2) is 8.45. The first-order valence-corrected chi connectivity index (χ1v) is 9.84. The van der Waals surface area contributed by atoms with E-state index >= 15 is 0 Å². The summed E-state index contributed by atoms with van der Waals surface area (Å²) in [5, 5.41) is 9.88. The number of halogens is 5. The van der Waals surface area contributed by atoms with E-state index in [1.165, 1.54) is 13.0 Å². The second-order valence-electron chi connectivity index (χ2n) is 8.15. The van der Waals surface area contributed by atoms with Gasteiger partial charge in [0.05, 0.1) is 16.1 Å². The van der Waals surface area contributed by atoms with Gasteiger partial charge in [0.15, 0.2) is 0 Å². The number of rotatable bonds is 6. The maximum atomic E-state index is 14.4. The van der Waals surface area contributed by atoms with Gasteiger partial charge in [-0.25, -0.2) is 4.39 Å². The number of alkyl halides is 3. The van der Waals surface area contributed by atoms with E-state index in [1.807, 2.05) is 0 Å². The number of aliphatic hydroxyl groups is 1. The lowest BCUT2D eigenvalue weighted by Crippen LogP contribution is -2.63. The van der Waals surface area contributed by atoms with Crippen molar-refractivity contribution in [1.29, 1.82) is 0 Å². The number of nitrogens with zero attached hydrogens (tertiary/aromatic N) is 1. The highest BCUT2D eigenvalue weighted by atomic mass is 35.5. The van der Waals surface area contributed by atoms with Gasteiger partial charge >= 0.3 is 12.1 Å². The van der Waals surface area contributed by atoms with Crippen molar-refractivity contribution in [3.05, 3.63) is 40.4 Å². The Kier molecular flexibility index (Phi) is 6.48. The first-order valence-electron chi connectivity index (χ1n) is 9.47. The Balaban J connectivity index is 1.50. The Morgan fingerprint density at radius 3 is 2.60 bits per heavy atom. The van der Waals surface area contributed by atoms with Crippen LogP contribution in [0.25, 0.3) is 5.83 Å². The van der Waals surface area contributed by atoms with Gasteiger partial charge in [0.25, 0.3) is 0 Å². The van der Waals surface area contributed by atoms with Crippen LogP contribution in [0.5, 0.6) is 0 Å². The Hall–Kier alpha value is -1.68. The average molecular weight is 451 g/mol. The largest absolute Gasteiger partial charge is 0.464 e. The van der Waals surface area contributed by atoms with E-state index in [0.717, 1.165) is 18.2 Å². The van der Waals surface area contributed by atoms with Gasteiger partial charge in [0, 0.05) is 37.4 Å². The summed E-state index contributed by atoms with van der Waals surface area (Å²) in [7, 11) is 0. The predicted octanol–water partition coefficient (Wildman–Crippen LogP) is 3.59. The van der Waals surface area contributed by atoms with Crippen LogP contribution in [0.4, 0.5) is 17.6 Å². The number of benzene rings is 1. The third-order valence-corrected chi connectivity index (χ3v) is 5.88. The summed E-state index contributed by atoms with van der Waals surface area (Å²) in [5.74, 6) is -1.30. The third-order valence-electron chi connectivity index (χ3n) is 5.57. The first kappa shape index (κ1) is 23.0. The van der Waals surface area contributed by atoms with E-state index in [2.05, 4.69) is 0 Å². The molecule has 3 N–H and O–H groups in total. The molecule has 1 aromatic rings. The Morgan fingerprint density at radius 2 is 2.07 bits per heavy atom. The number of likely N-dealkylation sites (tertiary alicyclic amines) is 1. The van der Waals surface area contributed by atoms with Crippen LogP contribution in [0.3, 0.4) is 0 Å². The Labute approximate surface area is 176 Å². The van der Waals surface area contributed by atoms with Crippen molar-refractivity contribution in [3.63, 3.8) is 0 Å². The highest BCUT2D eigenvalue weighted by Crippen LogP contribution is 2.41. The summed E-state index contributed by atoms with van der Waals surface area (Å²) in [6.07, 6.45) is -2.97. The van der Waals surface area contributed by atoms with E-state index in [1.54, 1.807) is 4.90 Å². The zero-order valence-corrected chi connectivity index (χ0v) is 17.0. The maximum Gasteiger partial charge on any atom is 0.417 e. The molecule has 2 aliphatic rings. The molecule has 0 spiro atoms. The predicted molar refractivity (Wildman–Crippen MR) is 103 cm³/mol. The van der Waals surface area contributed by atoms with Gasteiger partial charge in [-0.3, -0.25) is 9.69 Å². The normalized spacial score (nSPS) is 26.7. The smallest absolute Gasteiger partial charge is 0.417 e. The molecule has 1 saturated heterocycles. The van der Waals surface area contributed by atoms with Crippen LogP contribution in [-0.4, -0.2) is 47.4 Å². The van der Waals surface area contributed by atoms with Gasteiger partial charge in [-0.1, -0.05) is 17.7 Å². The average Bonchev–Trinajstić information content (AvgIpc) is 2.58. The molecule has 1 unspecified atom stereocenters. The van der Waals surface area contributed by atoms with E-state index in [0.29, 0.717) is 25.9 Å².